The average molecular weight is 207 g/mol. The van der Waals surface area contributed by atoms with E-state index in [0.717, 1.165) is 0 Å². The third kappa shape index (κ3) is 5.54. The molecule has 0 aliphatic rings. The molecule has 0 saturated carbocycles. The number of hydrogen-bond donors (Lipinski definition) is 0. The van der Waals surface area contributed by atoms with Crippen LogP contribution in [0.5, 0.6) is 0 Å². The Kier molecular flexibility index (Phi) is 6.45. The van der Waals surface area contributed by atoms with Gasteiger partial charge in [0.15, 0.2) is 0 Å². The van der Waals surface area contributed by atoms with Crippen LogP contribution in [0.3, 0.4) is 0 Å². The van der Waals surface area contributed by atoms with Crippen LogP contribution in [0.25, 0.3) is 0 Å². The standard InChI is InChI=1S/C6H15P.Y/c1-6(2)7(3,4)5;/h1-5H3;. The topological polar surface area (TPSA) is 0 Å². The fourth-order valence-electron chi connectivity index (χ4n) is 0. The molecule has 8 heavy (non-hydrogen) atoms. The van der Waals surface area contributed by atoms with Gasteiger partial charge in [0.05, 0.1) is 0 Å². The van der Waals surface area contributed by atoms with Gasteiger partial charge in [0, 0.05) is 32.7 Å². The van der Waals surface area contributed by atoms with Crippen molar-refractivity contribution in [2.75, 3.05) is 20.0 Å². The molecule has 0 atom stereocenters. The van der Waals surface area contributed by atoms with Gasteiger partial charge in [0.2, 0.25) is 0 Å². The van der Waals surface area contributed by atoms with E-state index in [4.69, 9.17) is 0 Å². The van der Waals surface area contributed by atoms with Gasteiger partial charge in [-0.15, -0.1) is 6.89 Å². The summed E-state index contributed by atoms with van der Waals surface area (Å²) in [6, 6.07) is 0. The molecule has 2 heteroatoms. The van der Waals surface area contributed by atoms with E-state index in [-0.39, 0.29) is 32.7 Å². The van der Waals surface area contributed by atoms with Crippen molar-refractivity contribution in [3.05, 3.63) is 0 Å². The summed E-state index contributed by atoms with van der Waals surface area (Å²) in [4.78, 5) is 0. The van der Waals surface area contributed by atoms with Crippen molar-refractivity contribution in [3.8, 4) is 0 Å². The van der Waals surface area contributed by atoms with E-state index in [9.17, 15) is 0 Å². The third-order valence-corrected chi connectivity index (χ3v) is 4.02. The molecular weight excluding hydrogens is 192 g/mol. The van der Waals surface area contributed by atoms with Gasteiger partial charge in [-0.2, -0.15) is 0 Å². The summed E-state index contributed by atoms with van der Waals surface area (Å²) in [6.45, 7) is 10.9. The first kappa shape index (κ1) is 12.1. The van der Waals surface area contributed by atoms with Crippen LogP contribution >= 0.6 is 6.89 Å². The van der Waals surface area contributed by atoms with Crippen LogP contribution < -0.4 is 0 Å². The number of hydrogen-bond acceptors (Lipinski definition) is 0. The Morgan fingerprint density at radius 1 is 1.00 bits per heavy atom. The van der Waals surface area contributed by atoms with E-state index in [0.29, 0.717) is 0 Å². The molecule has 0 amide bonds. The van der Waals surface area contributed by atoms with Gasteiger partial charge in [-0.3, -0.25) is 0 Å². The monoisotopic (exact) mass is 207 g/mol. The van der Waals surface area contributed by atoms with Crippen molar-refractivity contribution in [1.29, 1.82) is 0 Å². The van der Waals surface area contributed by atoms with Gasteiger partial charge in [0.25, 0.3) is 0 Å². The zero-order valence-electron chi connectivity index (χ0n) is 6.52. The van der Waals surface area contributed by atoms with Crippen LogP contribution in [0, 0.1) is 0 Å². The second-order valence-corrected chi connectivity index (χ2v) is 7.88. The van der Waals surface area contributed by atoms with Gasteiger partial charge in [-0.05, 0) is 33.8 Å². The fraction of sp³-hybridized carbons (Fsp3) is 0.833. The molecule has 0 nitrogen and oxygen atoms in total. The second kappa shape index (κ2) is 4.26. The largest absolute Gasteiger partial charge is 0.115 e. The Morgan fingerprint density at radius 3 is 1.12 bits per heavy atom. The molecule has 0 heterocycles. The van der Waals surface area contributed by atoms with Crippen LogP contribution in [-0.2, 0) is 32.7 Å². The molecule has 0 N–H and O–H groups in total. The zero-order valence-corrected chi connectivity index (χ0v) is 10.3. The van der Waals surface area contributed by atoms with Gasteiger partial charge in [-0.25, -0.2) is 0 Å². The smallest absolute Gasteiger partial charge is 0 e. The Balaban J connectivity index is 0. The van der Waals surface area contributed by atoms with Crippen LogP contribution in [0.4, 0.5) is 0 Å². The molecule has 0 saturated heterocycles. The minimum absolute atomic E-state index is 0. The summed E-state index contributed by atoms with van der Waals surface area (Å²) < 4.78 is 0. The van der Waals surface area contributed by atoms with Crippen molar-refractivity contribution in [2.24, 2.45) is 0 Å². The molecule has 0 aromatic carbocycles. The van der Waals surface area contributed by atoms with Gasteiger partial charge < -0.3 is 0 Å². The van der Waals surface area contributed by atoms with Crippen molar-refractivity contribution in [1.82, 2.24) is 0 Å². The average Bonchev–Trinajstić information content (AvgIpc) is 1.31. The molecule has 0 aliphatic carbocycles. The van der Waals surface area contributed by atoms with Crippen molar-refractivity contribution in [2.45, 2.75) is 13.8 Å². The van der Waals surface area contributed by atoms with E-state index < -0.39 is 6.89 Å². The van der Waals surface area contributed by atoms with Crippen molar-refractivity contribution >= 4 is 12.2 Å². The minimum atomic E-state index is -0.571. The van der Waals surface area contributed by atoms with Gasteiger partial charge in [0.1, 0.15) is 0 Å². The maximum atomic E-state index is 2.34. The Morgan fingerprint density at radius 2 is 1.12 bits per heavy atom. The Hall–Kier alpha value is 1.40. The van der Waals surface area contributed by atoms with E-state index in [1.165, 1.54) is 0 Å². The molecule has 0 unspecified atom stereocenters. The minimum Gasteiger partial charge on any atom is -0.115 e. The maximum absolute atomic E-state index is 2.34. The predicted molar refractivity (Wildman–Crippen MR) is 41.0 cm³/mol. The summed E-state index contributed by atoms with van der Waals surface area (Å²) in [5.41, 5.74) is 0. The summed E-state index contributed by atoms with van der Waals surface area (Å²) in [5.74, 6) is 0. The summed E-state index contributed by atoms with van der Waals surface area (Å²) in [7, 11) is 0. The normalized spacial score (nSPS) is 10.1. The van der Waals surface area contributed by atoms with Crippen LogP contribution in [0.1, 0.15) is 13.8 Å². The van der Waals surface area contributed by atoms with Crippen molar-refractivity contribution < 1.29 is 32.7 Å². The summed E-state index contributed by atoms with van der Waals surface area (Å²) >= 11 is 0. The van der Waals surface area contributed by atoms with Crippen LogP contribution in [0.2, 0.25) is 0 Å². The molecule has 0 spiro atoms. The van der Waals surface area contributed by atoms with E-state index >= 15 is 0 Å². The summed E-state index contributed by atoms with van der Waals surface area (Å²) in [6.07, 6.45) is 0. The molecule has 47 valence electrons. The van der Waals surface area contributed by atoms with Crippen LogP contribution in [0.15, 0.2) is 0 Å². The number of rotatable bonds is 0. The van der Waals surface area contributed by atoms with Crippen molar-refractivity contribution in [3.63, 3.8) is 0 Å². The van der Waals surface area contributed by atoms with E-state index in [2.05, 4.69) is 33.8 Å². The molecule has 0 fully saturated rings. The first-order valence-corrected chi connectivity index (χ1v) is 5.70. The molecule has 1 radical (unpaired) electrons. The molecule has 0 aromatic rings. The van der Waals surface area contributed by atoms with Gasteiger partial charge >= 0.3 is 0 Å². The molecular formula is C6H15PY. The van der Waals surface area contributed by atoms with E-state index in [1.807, 2.05) is 0 Å². The third-order valence-electron chi connectivity index (χ3n) is 1.34. The molecule has 0 aromatic heterocycles. The van der Waals surface area contributed by atoms with Crippen LogP contribution in [-0.4, -0.2) is 25.3 Å². The SMILES string of the molecule is CC(C)=P(C)(C)C.[Y]. The van der Waals surface area contributed by atoms with E-state index in [1.54, 1.807) is 5.29 Å². The second-order valence-electron chi connectivity index (χ2n) is 2.96. The quantitative estimate of drug-likeness (QED) is 0.533. The molecule has 0 rings (SSSR count). The zero-order chi connectivity index (χ0) is 6.08. The van der Waals surface area contributed by atoms with Gasteiger partial charge in [-0.1, -0.05) is 5.29 Å². The fourth-order valence-corrected chi connectivity index (χ4v) is 0. The molecule has 0 aliphatic heterocycles. The maximum Gasteiger partial charge on any atom is 0 e. The first-order valence-electron chi connectivity index (χ1n) is 2.57. The Labute approximate surface area is 78.3 Å². The summed E-state index contributed by atoms with van der Waals surface area (Å²) in [5, 5.41) is 1.60. The predicted octanol–water partition coefficient (Wildman–Crippen LogP) is 2.10. The first-order chi connectivity index (χ1) is 2.94. The molecule has 0 bridgehead atoms. The Bertz CT molecular complexity index is 97.4.